The van der Waals surface area contributed by atoms with Crippen molar-refractivity contribution >= 4 is 5.71 Å². The number of aryl methyl sites for hydroxylation is 2. The first-order chi connectivity index (χ1) is 14.6. The normalized spacial score (nSPS) is 19.7. The zero-order valence-electron chi connectivity index (χ0n) is 18.6. The van der Waals surface area contributed by atoms with Crippen molar-refractivity contribution in [2.24, 2.45) is 10.9 Å². The monoisotopic (exact) mass is 408 g/mol. The van der Waals surface area contributed by atoms with Gasteiger partial charge in [-0.1, -0.05) is 31.0 Å². The molecule has 0 amide bonds. The van der Waals surface area contributed by atoms with E-state index in [0.29, 0.717) is 17.6 Å². The predicted octanol–water partition coefficient (Wildman–Crippen LogP) is 5.49. The van der Waals surface area contributed by atoms with E-state index in [1.165, 1.54) is 37.7 Å². The molecule has 3 heterocycles. The Labute approximate surface area is 178 Å². The lowest BCUT2D eigenvalue weighted by atomic mass is 9.81. The highest BCUT2D eigenvalue weighted by molar-refractivity contribution is 6.10. The quantitative estimate of drug-likeness (QED) is 0.654. The summed E-state index contributed by atoms with van der Waals surface area (Å²) >= 11 is 0. The van der Waals surface area contributed by atoms with E-state index in [-0.39, 0.29) is 0 Å². The molecule has 160 valence electrons. The van der Waals surface area contributed by atoms with Gasteiger partial charge in [-0.2, -0.15) is 4.98 Å². The maximum Gasteiger partial charge on any atom is 0.276 e. The van der Waals surface area contributed by atoms with Gasteiger partial charge >= 0.3 is 0 Å². The fourth-order valence-corrected chi connectivity index (χ4v) is 4.64. The van der Waals surface area contributed by atoms with Crippen LogP contribution in [0.1, 0.15) is 75.9 Å². The second kappa shape index (κ2) is 9.11. The van der Waals surface area contributed by atoms with Gasteiger partial charge in [-0.25, -0.2) is 4.98 Å². The number of allylic oxidation sites excluding steroid dienone is 2. The molecule has 1 aliphatic heterocycles. The van der Waals surface area contributed by atoms with Crippen LogP contribution in [0.15, 0.2) is 26.7 Å². The molecule has 6 nitrogen and oxygen atoms in total. The van der Waals surface area contributed by atoms with Crippen LogP contribution in [0, 0.1) is 12.8 Å². The van der Waals surface area contributed by atoms with Crippen molar-refractivity contribution in [3.05, 3.63) is 34.4 Å². The van der Waals surface area contributed by atoms with Crippen molar-refractivity contribution in [1.29, 1.82) is 0 Å². The Balaban J connectivity index is 1.71. The van der Waals surface area contributed by atoms with Gasteiger partial charge in [0.05, 0.1) is 12.8 Å². The van der Waals surface area contributed by atoms with Gasteiger partial charge in [-0.15, -0.1) is 0 Å². The molecule has 0 aromatic carbocycles. The Morgan fingerprint density at radius 1 is 1.17 bits per heavy atom. The van der Waals surface area contributed by atoms with Gasteiger partial charge in [0.25, 0.3) is 5.89 Å². The molecule has 4 rings (SSSR count). The minimum absolute atomic E-state index is 0.544. The maximum absolute atomic E-state index is 5.76. The molecule has 0 saturated heterocycles. The molecule has 2 aromatic heterocycles. The number of aliphatic imine (C=N–C) groups is 1. The third-order valence-electron chi connectivity index (χ3n) is 6.48. The molecule has 30 heavy (non-hydrogen) atoms. The van der Waals surface area contributed by atoms with Gasteiger partial charge in [0, 0.05) is 17.7 Å². The van der Waals surface area contributed by atoms with E-state index >= 15 is 0 Å². The van der Waals surface area contributed by atoms with Crippen LogP contribution < -0.4 is 4.74 Å². The minimum Gasteiger partial charge on any atom is -0.481 e. The van der Waals surface area contributed by atoms with Crippen molar-refractivity contribution in [2.45, 2.75) is 72.1 Å². The van der Waals surface area contributed by atoms with Crippen molar-refractivity contribution in [1.82, 2.24) is 15.1 Å². The molecular weight excluding hydrogens is 376 g/mol. The zero-order valence-corrected chi connectivity index (χ0v) is 18.6. The number of nitrogens with zero attached hydrogens (tertiary/aromatic N) is 4. The first kappa shape index (κ1) is 20.8. The second-order valence-electron chi connectivity index (χ2n) is 8.35. The summed E-state index contributed by atoms with van der Waals surface area (Å²) in [5, 5.41) is 4.31. The molecule has 6 heteroatoms. The van der Waals surface area contributed by atoms with Crippen LogP contribution in [0.25, 0.3) is 11.4 Å². The minimum atomic E-state index is 0.544. The summed E-state index contributed by atoms with van der Waals surface area (Å²) in [4.78, 5) is 14.3. The van der Waals surface area contributed by atoms with Crippen molar-refractivity contribution < 1.29 is 9.26 Å². The van der Waals surface area contributed by atoms with Crippen LogP contribution in [-0.4, -0.2) is 34.5 Å². The highest BCUT2D eigenvalue weighted by Crippen LogP contribution is 2.35. The molecule has 0 fully saturated rings. The summed E-state index contributed by atoms with van der Waals surface area (Å²) in [6.45, 7) is 7.16. The third-order valence-corrected chi connectivity index (χ3v) is 6.48. The summed E-state index contributed by atoms with van der Waals surface area (Å²) in [6.07, 6.45) is 9.07. The van der Waals surface area contributed by atoms with Crippen LogP contribution in [-0.2, 0) is 6.42 Å². The number of aromatic nitrogens is 3. The standard InChI is InChI=1S/C24H32N4O2/c1-5-16-11-12-25-21(19-10-8-7-9-18(19)13-16)24-27-22(28-30-24)20-14-17(6-2)23(29-4)26-15(20)3/h14,16H,5-13H2,1-4H3. The summed E-state index contributed by atoms with van der Waals surface area (Å²) < 4.78 is 11.2. The first-order valence-electron chi connectivity index (χ1n) is 11.3. The van der Waals surface area contributed by atoms with E-state index in [1.807, 2.05) is 6.92 Å². The molecule has 0 N–H and O–H groups in total. The second-order valence-corrected chi connectivity index (χ2v) is 8.35. The number of ether oxygens (including phenoxy) is 1. The molecule has 2 aromatic rings. The fraction of sp³-hybridized carbons (Fsp3) is 0.583. The average molecular weight is 409 g/mol. The number of hydrogen-bond donors (Lipinski definition) is 0. The number of pyridine rings is 1. The Bertz CT molecular complexity index is 974. The van der Waals surface area contributed by atoms with Crippen molar-refractivity contribution in [3.8, 4) is 17.3 Å². The topological polar surface area (TPSA) is 73.4 Å². The maximum atomic E-state index is 5.76. The molecular formula is C24H32N4O2. The average Bonchev–Trinajstić information content (AvgIpc) is 3.23. The molecule has 0 saturated carbocycles. The molecule has 0 bridgehead atoms. The fourth-order valence-electron chi connectivity index (χ4n) is 4.64. The Kier molecular flexibility index (Phi) is 6.30. The van der Waals surface area contributed by atoms with Crippen LogP contribution >= 0.6 is 0 Å². The first-order valence-corrected chi connectivity index (χ1v) is 11.3. The Morgan fingerprint density at radius 3 is 2.77 bits per heavy atom. The van der Waals surface area contributed by atoms with E-state index in [9.17, 15) is 0 Å². The lowest BCUT2D eigenvalue weighted by Crippen LogP contribution is -2.18. The van der Waals surface area contributed by atoms with Gasteiger partial charge in [0.15, 0.2) is 0 Å². The number of rotatable bonds is 5. The Morgan fingerprint density at radius 2 is 2.00 bits per heavy atom. The molecule has 0 spiro atoms. The van der Waals surface area contributed by atoms with E-state index in [1.54, 1.807) is 12.7 Å². The van der Waals surface area contributed by atoms with Crippen LogP contribution in [0.2, 0.25) is 0 Å². The molecule has 2 aliphatic rings. The molecule has 1 aliphatic carbocycles. The molecule has 0 radical (unpaired) electrons. The summed E-state index contributed by atoms with van der Waals surface area (Å²) in [7, 11) is 1.65. The lowest BCUT2D eigenvalue weighted by molar-refractivity contribution is 0.392. The SMILES string of the molecule is CCc1cc(-c2noc(C3=NCCC(CC)CC4=C3CCCC4)n2)c(C)nc1OC. The molecule has 1 atom stereocenters. The van der Waals surface area contributed by atoms with E-state index in [4.69, 9.17) is 19.2 Å². The zero-order chi connectivity index (χ0) is 21.1. The van der Waals surface area contributed by atoms with Crippen LogP contribution in [0.4, 0.5) is 0 Å². The molecule has 1 unspecified atom stereocenters. The lowest BCUT2D eigenvalue weighted by Gasteiger charge is -2.26. The van der Waals surface area contributed by atoms with E-state index in [2.05, 4.69) is 30.1 Å². The van der Waals surface area contributed by atoms with Gasteiger partial charge in [0.2, 0.25) is 11.7 Å². The van der Waals surface area contributed by atoms with E-state index in [0.717, 1.165) is 54.3 Å². The van der Waals surface area contributed by atoms with Gasteiger partial charge < -0.3 is 9.26 Å². The highest BCUT2D eigenvalue weighted by atomic mass is 16.5. The third kappa shape index (κ3) is 4.05. The van der Waals surface area contributed by atoms with Crippen LogP contribution in [0.5, 0.6) is 5.88 Å². The van der Waals surface area contributed by atoms with E-state index < -0.39 is 0 Å². The largest absolute Gasteiger partial charge is 0.481 e. The predicted molar refractivity (Wildman–Crippen MR) is 118 cm³/mol. The van der Waals surface area contributed by atoms with Gasteiger partial charge in [0.1, 0.15) is 5.71 Å². The van der Waals surface area contributed by atoms with Gasteiger partial charge in [-0.05, 0) is 69.4 Å². The summed E-state index contributed by atoms with van der Waals surface area (Å²) in [6, 6.07) is 2.06. The smallest absolute Gasteiger partial charge is 0.276 e. The highest BCUT2D eigenvalue weighted by Gasteiger charge is 2.26. The Hall–Kier alpha value is -2.50. The number of hydrogen-bond acceptors (Lipinski definition) is 6. The van der Waals surface area contributed by atoms with Crippen molar-refractivity contribution in [3.63, 3.8) is 0 Å². The summed E-state index contributed by atoms with van der Waals surface area (Å²) in [5.41, 5.74) is 6.59. The van der Waals surface area contributed by atoms with Gasteiger partial charge in [-0.3, -0.25) is 4.99 Å². The van der Waals surface area contributed by atoms with Crippen molar-refractivity contribution in [2.75, 3.05) is 13.7 Å². The number of methoxy groups -OCH3 is 1. The van der Waals surface area contributed by atoms with Crippen LogP contribution in [0.3, 0.4) is 0 Å². The summed E-state index contributed by atoms with van der Waals surface area (Å²) in [5.74, 6) is 2.51.